The molecule has 2 aliphatic heterocycles. The van der Waals surface area contributed by atoms with E-state index in [0.717, 1.165) is 9.87 Å². The van der Waals surface area contributed by atoms with Crippen LogP contribution >= 0.6 is 10.6 Å². The minimum atomic E-state index is -3.97. The van der Waals surface area contributed by atoms with Crippen molar-refractivity contribution < 1.29 is 27.1 Å². The summed E-state index contributed by atoms with van der Waals surface area (Å²) in [5.74, 6) is -0.892. The van der Waals surface area contributed by atoms with Crippen LogP contribution in [0, 0.1) is 6.92 Å². The molecule has 0 radical (unpaired) electrons. The molecular formula is C22H27N3O6S2. The minimum Gasteiger partial charge on any atom is -0.353 e. The van der Waals surface area contributed by atoms with Crippen molar-refractivity contribution in [3.8, 4) is 0 Å². The van der Waals surface area contributed by atoms with Gasteiger partial charge < -0.3 is 10.6 Å². The molecule has 2 atom stereocenters. The Hall–Kier alpha value is -2.44. The van der Waals surface area contributed by atoms with Crippen LogP contribution in [0.1, 0.15) is 30.0 Å². The van der Waals surface area contributed by atoms with Crippen molar-refractivity contribution in [2.45, 2.75) is 41.6 Å². The lowest BCUT2D eigenvalue weighted by Crippen LogP contribution is -2.58. The van der Waals surface area contributed by atoms with E-state index in [1.165, 1.54) is 12.1 Å². The number of piperazine rings is 1. The van der Waals surface area contributed by atoms with Gasteiger partial charge in [0.05, 0.1) is 22.3 Å². The Morgan fingerprint density at radius 1 is 1.18 bits per heavy atom. The number of amides is 2. The number of sulfonamides is 1. The van der Waals surface area contributed by atoms with Gasteiger partial charge in [-0.1, -0.05) is 35.9 Å². The number of hydrogen-bond donors (Lipinski definition) is 4. The van der Waals surface area contributed by atoms with Gasteiger partial charge in [0, 0.05) is 18.8 Å². The lowest BCUT2D eigenvalue weighted by Gasteiger charge is -2.41. The summed E-state index contributed by atoms with van der Waals surface area (Å²) in [7, 11) is -6.89. The summed E-state index contributed by atoms with van der Waals surface area (Å²) in [5.41, 5.74) is 1.53. The summed E-state index contributed by atoms with van der Waals surface area (Å²) >= 11 is 0. The molecule has 2 amide bonds. The normalized spacial score (nSPS) is 23.8. The monoisotopic (exact) mass is 493 g/mol. The van der Waals surface area contributed by atoms with E-state index >= 15 is 0 Å². The third-order valence-electron chi connectivity index (χ3n) is 5.96. The van der Waals surface area contributed by atoms with E-state index in [1.54, 1.807) is 36.4 Å². The van der Waals surface area contributed by atoms with Crippen molar-refractivity contribution in [1.82, 2.24) is 14.9 Å². The molecule has 2 aromatic rings. The third kappa shape index (κ3) is 4.78. The highest BCUT2D eigenvalue weighted by molar-refractivity contribution is 8.24. The maximum atomic E-state index is 13.2. The van der Waals surface area contributed by atoms with Gasteiger partial charge in [-0.05, 0) is 37.1 Å². The zero-order valence-corrected chi connectivity index (χ0v) is 19.7. The maximum absolute atomic E-state index is 13.2. The SMILES string of the molecule is Cc1ccc(S(=O)(=O)N2CCNC(=O)[C@H]2CC(=O)N[C@@H]2CCS(O)(O)c3ccccc32)cc1. The Balaban J connectivity index is 1.53. The molecular weight excluding hydrogens is 466 g/mol. The van der Waals surface area contributed by atoms with Gasteiger partial charge in [-0.15, -0.1) is 0 Å². The van der Waals surface area contributed by atoms with E-state index in [4.69, 9.17) is 0 Å². The van der Waals surface area contributed by atoms with Crippen molar-refractivity contribution in [3.05, 3.63) is 59.7 Å². The second-order valence-corrected chi connectivity index (χ2v) is 12.3. The number of fused-ring (bicyclic) bond motifs is 1. The molecule has 0 aromatic heterocycles. The Morgan fingerprint density at radius 2 is 1.88 bits per heavy atom. The van der Waals surface area contributed by atoms with E-state index in [2.05, 4.69) is 10.6 Å². The predicted octanol–water partition coefficient (Wildman–Crippen LogP) is 2.24. The first-order valence-electron chi connectivity index (χ1n) is 10.6. The summed E-state index contributed by atoms with van der Waals surface area (Å²) in [5, 5.41) is 5.49. The van der Waals surface area contributed by atoms with Crippen LogP contribution < -0.4 is 10.6 Å². The fourth-order valence-electron chi connectivity index (χ4n) is 4.21. The van der Waals surface area contributed by atoms with Gasteiger partial charge in [0.1, 0.15) is 6.04 Å². The van der Waals surface area contributed by atoms with Gasteiger partial charge >= 0.3 is 0 Å². The van der Waals surface area contributed by atoms with Crippen molar-refractivity contribution in [1.29, 1.82) is 0 Å². The first-order chi connectivity index (χ1) is 15.6. The topological polar surface area (TPSA) is 136 Å². The largest absolute Gasteiger partial charge is 0.353 e. The van der Waals surface area contributed by atoms with E-state index in [1.807, 2.05) is 6.92 Å². The molecule has 4 rings (SSSR count). The van der Waals surface area contributed by atoms with Gasteiger partial charge in [-0.25, -0.2) is 8.42 Å². The average Bonchev–Trinajstić information content (AvgIpc) is 2.77. The van der Waals surface area contributed by atoms with Crippen LogP contribution in [0.3, 0.4) is 0 Å². The number of nitrogens with zero attached hydrogens (tertiary/aromatic N) is 1. The maximum Gasteiger partial charge on any atom is 0.243 e. The van der Waals surface area contributed by atoms with Gasteiger partial charge in [-0.3, -0.25) is 18.7 Å². The molecule has 2 aromatic carbocycles. The average molecular weight is 494 g/mol. The molecule has 178 valence electrons. The van der Waals surface area contributed by atoms with E-state index < -0.39 is 44.5 Å². The molecule has 0 bridgehead atoms. The Bertz CT molecular complexity index is 1170. The number of hydrogen-bond acceptors (Lipinski definition) is 6. The summed E-state index contributed by atoms with van der Waals surface area (Å²) in [4.78, 5) is 26.0. The van der Waals surface area contributed by atoms with Crippen molar-refractivity contribution in [2.24, 2.45) is 0 Å². The van der Waals surface area contributed by atoms with E-state index in [9.17, 15) is 27.1 Å². The molecule has 11 heteroatoms. The minimum absolute atomic E-state index is 0.0626. The summed E-state index contributed by atoms with van der Waals surface area (Å²) in [6, 6.07) is 11.5. The van der Waals surface area contributed by atoms with Crippen molar-refractivity contribution in [3.63, 3.8) is 0 Å². The van der Waals surface area contributed by atoms with Crippen LogP contribution in [-0.2, 0) is 19.6 Å². The molecule has 2 aliphatic rings. The van der Waals surface area contributed by atoms with Crippen LogP contribution in [-0.4, -0.2) is 58.5 Å². The predicted molar refractivity (Wildman–Crippen MR) is 124 cm³/mol. The van der Waals surface area contributed by atoms with E-state index in [-0.39, 0.29) is 30.2 Å². The highest BCUT2D eigenvalue weighted by Gasteiger charge is 2.40. The second-order valence-electron chi connectivity index (χ2n) is 8.26. The number of aryl methyl sites for hydroxylation is 1. The fraction of sp³-hybridized carbons (Fsp3) is 0.364. The van der Waals surface area contributed by atoms with Gasteiger partial charge in [0.15, 0.2) is 0 Å². The molecule has 0 saturated carbocycles. The smallest absolute Gasteiger partial charge is 0.243 e. The van der Waals surface area contributed by atoms with Crippen LogP contribution in [0.2, 0.25) is 0 Å². The standard InChI is InChI=1S/C22H27N3O6S2/c1-15-6-8-16(9-7-15)33(30,31)25-12-11-23-22(27)19(25)14-21(26)24-18-10-13-32(28,29)20-5-3-2-4-17(18)20/h2-9,18-19,28-29H,10-14H2,1H3,(H,23,27)(H,24,26)/t18-,19-/m1/s1. The third-order valence-corrected chi connectivity index (χ3v) is 9.76. The first kappa shape index (κ1) is 23.7. The fourth-order valence-corrected chi connectivity index (χ4v) is 7.47. The molecule has 1 saturated heterocycles. The summed E-state index contributed by atoms with van der Waals surface area (Å²) in [6.45, 7) is 2.07. The molecule has 9 nitrogen and oxygen atoms in total. The van der Waals surface area contributed by atoms with Gasteiger partial charge in [0.25, 0.3) is 0 Å². The first-order valence-corrected chi connectivity index (χ1v) is 13.8. The lowest BCUT2D eigenvalue weighted by atomic mass is 10.0. The van der Waals surface area contributed by atoms with Gasteiger partial charge in [-0.2, -0.15) is 14.9 Å². The molecule has 1 fully saturated rings. The second kappa shape index (κ2) is 9.07. The van der Waals surface area contributed by atoms with E-state index in [0.29, 0.717) is 16.9 Å². The van der Waals surface area contributed by atoms with Crippen LogP contribution in [0.5, 0.6) is 0 Å². The highest BCUT2D eigenvalue weighted by atomic mass is 32.3. The molecule has 2 heterocycles. The van der Waals surface area contributed by atoms with Crippen LogP contribution in [0.4, 0.5) is 0 Å². The Labute approximate surface area is 194 Å². The molecule has 0 spiro atoms. The molecule has 0 unspecified atom stereocenters. The summed E-state index contributed by atoms with van der Waals surface area (Å²) in [6.07, 6.45) is -0.0147. The number of carbonyl (C=O) groups is 2. The number of carbonyl (C=O) groups excluding carboxylic acids is 2. The quantitative estimate of drug-likeness (QED) is 0.504. The van der Waals surface area contributed by atoms with Crippen LogP contribution in [0.25, 0.3) is 0 Å². The Morgan fingerprint density at radius 3 is 2.61 bits per heavy atom. The zero-order valence-electron chi connectivity index (χ0n) is 18.1. The Kier molecular flexibility index (Phi) is 6.52. The molecule has 0 aliphatic carbocycles. The highest BCUT2D eigenvalue weighted by Crippen LogP contribution is 2.55. The number of nitrogens with one attached hydrogen (secondary N) is 2. The number of benzene rings is 2. The molecule has 33 heavy (non-hydrogen) atoms. The zero-order chi connectivity index (χ0) is 23.8. The van der Waals surface area contributed by atoms with Gasteiger partial charge in [0.2, 0.25) is 21.8 Å². The van der Waals surface area contributed by atoms with Crippen LogP contribution in [0.15, 0.2) is 58.3 Å². The molecule has 4 N–H and O–H groups in total. The van der Waals surface area contributed by atoms with Crippen molar-refractivity contribution in [2.75, 3.05) is 18.8 Å². The number of rotatable bonds is 5. The lowest BCUT2D eigenvalue weighted by molar-refractivity contribution is -0.132. The van der Waals surface area contributed by atoms with Crippen molar-refractivity contribution >= 4 is 32.4 Å². The summed E-state index contributed by atoms with van der Waals surface area (Å²) < 4.78 is 48.2.